The molecule has 1 N–H and O–H groups in total. The van der Waals surface area contributed by atoms with Crippen molar-refractivity contribution in [1.29, 1.82) is 0 Å². The maximum atomic E-state index is 11.6. The van der Waals surface area contributed by atoms with Gasteiger partial charge in [0, 0.05) is 19.6 Å². The smallest absolute Gasteiger partial charge is 0.246 e. The molecule has 1 saturated heterocycles. The maximum absolute atomic E-state index is 11.6. The minimum absolute atomic E-state index is 0.0607. The summed E-state index contributed by atoms with van der Waals surface area (Å²) in [5.41, 5.74) is -0.0607. The monoisotopic (exact) mass is 182 g/mol. The molecule has 0 spiro atoms. The SMILES string of the molecule is C/C=C/C(=O)N1CCNCC1(C)C. The lowest BCUT2D eigenvalue weighted by Gasteiger charge is -2.42. The van der Waals surface area contributed by atoms with Gasteiger partial charge in [-0.1, -0.05) is 6.08 Å². The number of carbonyl (C=O) groups is 1. The lowest BCUT2D eigenvalue weighted by Crippen LogP contribution is -2.59. The van der Waals surface area contributed by atoms with Gasteiger partial charge in [-0.2, -0.15) is 0 Å². The molecule has 0 aliphatic carbocycles. The van der Waals surface area contributed by atoms with Crippen LogP contribution in [0.4, 0.5) is 0 Å². The van der Waals surface area contributed by atoms with Crippen LogP contribution in [-0.4, -0.2) is 36.0 Å². The molecule has 0 aromatic carbocycles. The summed E-state index contributed by atoms with van der Waals surface area (Å²) in [4.78, 5) is 13.5. The van der Waals surface area contributed by atoms with Crippen LogP contribution in [0.3, 0.4) is 0 Å². The van der Waals surface area contributed by atoms with Gasteiger partial charge in [0.2, 0.25) is 5.91 Å². The minimum atomic E-state index is -0.0607. The third kappa shape index (κ3) is 2.31. The molecule has 0 radical (unpaired) electrons. The van der Waals surface area contributed by atoms with Gasteiger partial charge in [0.05, 0.1) is 5.54 Å². The molecular formula is C10H18N2O. The van der Waals surface area contributed by atoms with Crippen LogP contribution in [0.1, 0.15) is 20.8 Å². The molecule has 1 rings (SSSR count). The lowest BCUT2D eigenvalue weighted by atomic mass is 10.00. The third-order valence-electron chi connectivity index (χ3n) is 2.38. The minimum Gasteiger partial charge on any atom is -0.332 e. The number of nitrogens with zero attached hydrogens (tertiary/aromatic N) is 1. The molecule has 3 heteroatoms. The van der Waals surface area contributed by atoms with E-state index in [1.54, 1.807) is 12.2 Å². The largest absolute Gasteiger partial charge is 0.332 e. The van der Waals surface area contributed by atoms with Crippen LogP contribution < -0.4 is 5.32 Å². The summed E-state index contributed by atoms with van der Waals surface area (Å²) in [7, 11) is 0. The number of hydrogen-bond donors (Lipinski definition) is 1. The summed E-state index contributed by atoms with van der Waals surface area (Å²) >= 11 is 0. The zero-order chi connectivity index (χ0) is 9.90. The quantitative estimate of drug-likeness (QED) is 0.608. The van der Waals surface area contributed by atoms with Gasteiger partial charge in [-0.05, 0) is 26.8 Å². The topological polar surface area (TPSA) is 32.3 Å². The molecule has 1 fully saturated rings. The van der Waals surface area contributed by atoms with E-state index in [2.05, 4.69) is 19.2 Å². The van der Waals surface area contributed by atoms with Crippen LogP contribution >= 0.6 is 0 Å². The number of nitrogens with one attached hydrogen (secondary N) is 1. The normalized spacial score (nSPS) is 22.2. The highest BCUT2D eigenvalue weighted by molar-refractivity contribution is 5.88. The fourth-order valence-electron chi connectivity index (χ4n) is 1.62. The van der Waals surface area contributed by atoms with Crippen molar-refractivity contribution < 1.29 is 4.79 Å². The van der Waals surface area contributed by atoms with Crippen molar-refractivity contribution in [2.24, 2.45) is 0 Å². The standard InChI is InChI=1S/C10H18N2O/c1-4-5-9(13)12-7-6-11-8-10(12,2)3/h4-5,11H,6-8H2,1-3H3/b5-4+. The highest BCUT2D eigenvalue weighted by atomic mass is 16.2. The fourth-order valence-corrected chi connectivity index (χ4v) is 1.62. The van der Waals surface area contributed by atoms with E-state index in [0.717, 1.165) is 19.6 Å². The van der Waals surface area contributed by atoms with Gasteiger partial charge >= 0.3 is 0 Å². The fraction of sp³-hybridized carbons (Fsp3) is 0.700. The molecule has 13 heavy (non-hydrogen) atoms. The Labute approximate surface area is 79.8 Å². The first-order valence-corrected chi connectivity index (χ1v) is 4.73. The van der Waals surface area contributed by atoms with Crippen molar-refractivity contribution >= 4 is 5.91 Å². The first kappa shape index (κ1) is 10.3. The van der Waals surface area contributed by atoms with Crippen molar-refractivity contribution in [1.82, 2.24) is 10.2 Å². The van der Waals surface area contributed by atoms with E-state index in [1.165, 1.54) is 0 Å². The van der Waals surface area contributed by atoms with E-state index in [4.69, 9.17) is 0 Å². The van der Waals surface area contributed by atoms with Crippen LogP contribution in [0.15, 0.2) is 12.2 Å². The first-order valence-electron chi connectivity index (χ1n) is 4.73. The van der Waals surface area contributed by atoms with E-state index >= 15 is 0 Å². The molecule has 1 aliphatic heterocycles. The van der Waals surface area contributed by atoms with E-state index in [1.807, 2.05) is 11.8 Å². The number of allylic oxidation sites excluding steroid dienone is 1. The van der Waals surface area contributed by atoms with Crippen LogP contribution in [0.5, 0.6) is 0 Å². The Hall–Kier alpha value is -0.830. The summed E-state index contributed by atoms with van der Waals surface area (Å²) in [5, 5.41) is 3.28. The van der Waals surface area contributed by atoms with Crippen molar-refractivity contribution in [2.75, 3.05) is 19.6 Å². The third-order valence-corrected chi connectivity index (χ3v) is 2.38. The highest BCUT2D eigenvalue weighted by Crippen LogP contribution is 2.16. The van der Waals surface area contributed by atoms with Crippen molar-refractivity contribution in [3.05, 3.63) is 12.2 Å². The molecule has 0 saturated carbocycles. The van der Waals surface area contributed by atoms with Gasteiger partial charge in [-0.15, -0.1) is 0 Å². The van der Waals surface area contributed by atoms with E-state index in [9.17, 15) is 4.79 Å². The van der Waals surface area contributed by atoms with Crippen LogP contribution in [0, 0.1) is 0 Å². The second-order valence-corrected chi connectivity index (χ2v) is 3.98. The summed E-state index contributed by atoms with van der Waals surface area (Å²) in [5.74, 6) is 0.119. The second kappa shape index (κ2) is 3.92. The first-order chi connectivity index (χ1) is 6.08. The molecule has 0 aromatic heterocycles. The average Bonchev–Trinajstić information content (AvgIpc) is 2.03. The van der Waals surface area contributed by atoms with Gasteiger partial charge in [-0.25, -0.2) is 0 Å². The molecule has 3 nitrogen and oxygen atoms in total. The molecule has 0 atom stereocenters. The molecule has 0 unspecified atom stereocenters. The Bertz CT molecular complexity index is 221. The van der Waals surface area contributed by atoms with E-state index in [0.29, 0.717) is 0 Å². The van der Waals surface area contributed by atoms with E-state index in [-0.39, 0.29) is 11.4 Å². The molecule has 0 aromatic rings. The van der Waals surface area contributed by atoms with Gasteiger partial charge in [-0.3, -0.25) is 4.79 Å². The number of rotatable bonds is 1. The molecule has 1 amide bonds. The highest BCUT2D eigenvalue weighted by Gasteiger charge is 2.31. The zero-order valence-electron chi connectivity index (χ0n) is 8.63. The van der Waals surface area contributed by atoms with Crippen LogP contribution in [0.25, 0.3) is 0 Å². The predicted molar refractivity (Wildman–Crippen MR) is 53.5 cm³/mol. The van der Waals surface area contributed by atoms with Crippen molar-refractivity contribution in [2.45, 2.75) is 26.3 Å². The number of piperazine rings is 1. The molecular weight excluding hydrogens is 164 g/mol. The Morgan fingerprint density at radius 3 is 2.77 bits per heavy atom. The van der Waals surface area contributed by atoms with Gasteiger partial charge in [0.1, 0.15) is 0 Å². The molecule has 1 aliphatic rings. The van der Waals surface area contributed by atoms with Crippen molar-refractivity contribution in [3.8, 4) is 0 Å². The molecule has 1 heterocycles. The lowest BCUT2D eigenvalue weighted by molar-refractivity contribution is -0.132. The Morgan fingerprint density at radius 1 is 1.54 bits per heavy atom. The Kier molecular flexibility index (Phi) is 3.09. The number of amides is 1. The zero-order valence-corrected chi connectivity index (χ0v) is 8.63. The van der Waals surface area contributed by atoms with Gasteiger partial charge in [0.15, 0.2) is 0 Å². The second-order valence-electron chi connectivity index (χ2n) is 3.98. The van der Waals surface area contributed by atoms with Crippen LogP contribution in [0.2, 0.25) is 0 Å². The average molecular weight is 182 g/mol. The Morgan fingerprint density at radius 2 is 2.23 bits per heavy atom. The van der Waals surface area contributed by atoms with Gasteiger partial charge in [0.25, 0.3) is 0 Å². The summed E-state index contributed by atoms with van der Waals surface area (Å²) in [6, 6.07) is 0. The molecule has 74 valence electrons. The molecule has 0 bridgehead atoms. The maximum Gasteiger partial charge on any atom is 0.246 e. The van der Waals surface area contributed by atoms with Gasteiger partial charge < -0.3 is 10.2 Å². The summed E-state index contributed by atoms with van der Waals surface area (Å²) in [6.07, 6.45) is 3.42. The van der Waals surface area contributed by atoms with Crippen LogP contribution in [-0.2, 0) is 4.79 Å². The van der Waals surface area contributed by atoms with E-state index < -0.39 is 0 Å². The summed E-state index contributed by atoms with van der Waals surface area (Å²) in [6.45, 7) is 8.60. The van der Waals surface area contributed by atoms with Crippen molar-refractivity contribution in [3.63, 3.8) is 0 Å². The predicted octanol–water partition coefficient (Wildman–Crippen LogP) is 0.773. The number of hydrogen-bond acceptors (Lipinski definition) is 2. The Balaban J connectivity index is 2.70. The summed E-state index contributed by atoms with van der Waals surface area (Å²) < 4.78 is 0. The number of carbonyl (C=O) groups excluding carboxylic acids is 1.